The van der Waals surface area contributed by atoms with E-state index in [0.717, 1.165) is 57.0 Å². The topological polar surface area (TPSA) is 44.8 Å². The Balaban J connectivity index is 1.61. The number of para-hydroxylation sites is 2. The maximum atomic E-state index is 12.4. The lowest BCUT2D eigenvalue weighted by atomic mass is 10.1. The molecule has 5 nitrogen and oxygen atoms in total. The van der Waals surface area contributed by atoms with Gasteiger partial charge in [-0.2, -0.15) is 0 Å². The van der Waals surface area contributed by atoms with Crippen LogP contribution in [0, 0.1) is 0 Å². The first-order chi connectivity index (χ1) is 10.3. The van der Waals surface area contributed by atoms with Gasteiger partial charge < -0.3 is 19.9 Å². The molecule has 0 bridgehead atoms. The first-order valence-electron chi connectivity index (χ1n) is 7.70. The van der Waals surface area contributed by atoms with E-state index in [-0.39, 0.29) is 11.9 Å². The van der Waals surface area contributed by atoms with Crippen molar-refractivity contribution in [1.82, 2.24) is 10.2 Å². The number of anilines is 1. The van der Waals surface area contributed by atoms with Gasteiger partial charge >= 0.3 is 0 Å². The predicted octanol–water partition coefficient (Wildman–Crippen LogP) is 1.10. The van der Waals surface area contributed by atoms with Gasteiger partial charge in [-0.25, -0.2) is 0 Å². The van der Waals surface area contributed by atoms with Crippen LogP contribution in [0.15, 0.2) is 24.3 Å². The summed E-state index contributed by atoms with van der Waals surface area (Å²) in [5.74, 6) is 1.17. The Hall–Kier alpha value is -1.75. The number of ether oxygens (including phenoxy) is 1. The molecule has 21 heavy (non-hydrogen) atoms. The van der Waals surface area contributed by atoms with E-state index >= 15 is 0 Å². The van der Waals surface area contributed by atoms with Crippen LogP contribution < -0.4 is 15.0 Å². The van der Waals surface area contributed by atoms with Gasteiger partial charge in [-0.05, 0) is 31.5 Å². The first-order valence-corrected chi connectivity index (χ1v) is 7.70. The molecule has 1 aromatic carbocycles. The van der Waals surface area contributed by atoms with Gasteiger partial charge in [0.25, 0.3) is 0 Å². The highest BCUT2D eigenvalue weighted by molar-refractivity contribution is 5.82. The molecule has 114 valence electrons. The van der Waals surface area contributed by atoms with Crippen molar-refractivity contribution < 1.29 is 9.53 Å². The lowest BCUT2D eigenvalue weighted by molar-refractivity contribution is -0.133. The summed E-state index contributed by atoms with van der Waals surface area (Å²) in [6.45, 7) is 4.26. The summed E-state index contributed by atoms with van der Waals surface area (Å²) in [5.41, 5.74) is 1.12. The number of nitrogens with zero attached hydrogens (tertiary/aromatic N) is 2. The monoisotopic (exact) mass is 289 g/mol. The minimum absolute atomic E-state index is 0.0443. The third kappa shape index (κ3) is 2.97. The highest BCUT2D eigenvalue weighted by Gasteiger charge is 2.29. The molecule has 2 saturated heterocycles. The summed E-state index contributed by atoms with van der Waals surface area (Å²) < 4.78 is 5.42. The van der Waals surface area contributed by atoms with E-state index in [9.17, 15) is 4.79 Å². The molecular formula is C16H23N3O2. The van der Waals surface area contributed by atoms with Crippen LogP contribution in [-0.4, -0.2) is 56.7 Å². The van der Waals surface area contributed by atoms with Crippen LogP contribution in [0.2, 0.25) is 0 Å². The Bertz CT molecular complexity index is 492. The van der Waals surface area contributed by atoms with E-state index < -0.39 is 0 Å². The highest BCUT2D eigenvalue weighted by Crippen LogP contribution is 2.28. The third-order valence-corrected chi connectivity index (χ3v) is 4.38. The Morgan fingerprint density at radius 2 is 2.00 bits per heavy atom. The fourth-order valence-corrected chi connectivity index (χ4v) is 3.17. The van der Waals surface area contributed by atoms with Gasteiger partial charge in [-0.3, -0.25) is 4.79 Å². The van der Waals surface area contributed by atoms with Crippen LogP contribution >= 0.6 is 0 Å². The van der Waals surface area contributed by atoms with Crippen molar-refractivity contribution in [3.05, 3.63) is 24.3 Å². The van der Waals surface area contributed by atoms with Crippen LogP contribution in [0.5, 0.6) is 5.75 Å². The third-order valence-electron chi connectivity index (χ3n) is 4.38. The smallest absolute Gasteiger partial charge is 0.239 e. The summed E-state index contributed by atoms with van der Waals surface area (Å²) in [6.07, 6.45) is 2.09. The summed E-state index contributed by atoms with van der Waals surface area (Å²) in [6, 6.07) is 8.11. The van der Waals surface area contributed by atoms with E-state index in [1.807, 2.05) is 23.1 Å². The quantitative estimate of drug-likeness (QED) is 0.905. The SMILES string of the molecule is COc1ccccc1N1CCN(C(=O)[C@@H]2CCCN2)CC1. The summed E-state index contributed by atoms with van der Waals surface area (Å²) in [7, 11) is 1.70. The van der Waals surface area contributed by atoms with Crippen molar-refractivity contribution in [3.8, 4) is 5.75 Å². The summed E-state index contributed by atoms with van der Waals surface area (Å²) in [4.78, 5) is 16.7. The number of hydrogen-bond donors (Lipinski definition) is 1. The second kappa shape index (κ2) is 6.35. The molecule has 0 saturated carbocycles. The predicted molar refractivity (Wildman–Crippen MR) is 82.8 cm³/mol. The second-order valence-corrected chi connectivity index (χ2v) is 5.63. The van der Waals surface area contributed by atoms with Gasteiger partial charge in [0.05, 0.1) is 18.8 Å². The Labute approximate surface area is 125 Å². The average molecular weight is 289 g/mol. The number of carbonyl (C=O) groups is 1. The molecule has 0 aromatic heterocycles. The van der Waals surface area contributed by atoms with Crippen LogP contribution in [0.1, 0.15) is 12.8 Å². The number of nitrogens with one attached hydrogen (secondary N) is 1. The van der Waals surface area contributed by atoms with E-state index in [0.29, 0.717) is 0 Å². The molecule has 2 heterocycles. The molecule has 3 rings (SSSR count). The van der Waals surface area contributed by atoms with Gasteiger partial charge in [0, 0.05) is 26.2 Å². The van der Waals surface area contributed by atoms with Gasteiger partial charge in [0.1, 0.15) is 5.75 Å². The molecule has 0 aliphatic carbocycles. The highest BCUT2D eigenvalue weighted by atomic mass is 16.5. The average Bonchev–Trinajstić information content (AvgIpc) is 3.09. The molecule has 0 radical (unpaired) electrons. The maximum Gasteiger partial charge on any atom is 0.239 e. The van der Waals surface area contributed by atoms with Crippen molar-refractivity contribution in [2.24, 2.45) is 0 Å². The lowest BCUT2D eigenvalue weighted by Gasteiger charge is -2.37. The van der Waals surface area contributed by atoms with E-state index in [2.05, 4.69) is 16.3 Å². The largest absolute Gasteiger partial charge is 0.495 e. The zero-order valence-electron chi connectivity index (χ0n) is 12.5. The van der Waals surface area contributed by atoms with Crippen LogP contribution in [0.3, 0.4) is 0 Å². The number of piperazine rings is 1. The first kappa shape index (κ1) is 14.2. The van der Waals surface area contributed by atoms with Crippen LogP contribution in [0.4, 0.5) is 5.69 Å². The molecule has 5 heteroatoms. The van der Waals surface area contributed by atoms with Crippen molar-refractivity contribution in [2.45, 2.75) is 18.9 Å². The van der Waals surface area contributed by atoms with Crippen molar-refractivity contribution in [1.29, 1.82) is 0 Å². The number of methoxy groups -OCH3 is 1. The lowest BCUT2D eigenvalue weighted by Crippen LogP contribution is -2.53. The van der Waals surface area contributed by atoms with Gasteiger partial charge in [-0.1, -0.05) is 12.1 Å². The number of amides is 1. The number of carbonyl (C=O) groups excluding carboxylic acids is 1. The fourth-order valence-electron chi connectivity index (χ4n) is 3.17. The standard InChI is InChI=1S/C16H23N3O2/c1-21-15-7-3-2-6-14(15)18-9-11-19(12-10-18)16(20)13-5-4-8-17-13/h2-3,6-7,13,17H,4-5,8-12H2,1H3/t13-/m0/s1. The number of rotatable bonds is 3. The normalized spacial score (nSPS) is 22.4. The van der Waals surface area contributed by atoms with E-state index in [1.54, 1.807) is 7.11 Å². The van der Waals surface area contributed by atoms with Crippen molar-refractivity contribution in [3.63, 3.8) is 0 Å². The molecule has 1 atom stereocenters. The molecule has 2 aliphatic heterocycles. The number of hydrogen-bond acceptors (Lipinski definition) is 4. The molecule has 1 N–H and O–H groups in total. The van der Waals surface area contributed by atoms with Crippen LogP contribution in [0.25, 0.3) is 0 Å². The molecule has 1 aromatic rings. The fraction of sp³-hybridized carbons (Fsp3) is 0.562. The molecule has 0 spiro atoms. The Morgan fingerprint density at radius 3 is 2.67 bits per heavy atom. The molecular weight excluding hydrogens is 266 g/mol. The van der Waals surface area contributed by atoms with Gasteiger partial charge in [0.2, 0.25) is 5.91 Å². The molecule has 0 unspecified atom stereocenters. The summed E-state index contributed by atoms with van der Waals surface area (Å²) >= 11 is 0. The summed E-state index contributed by atoms with van der Waals surface area (Å²) in [5, 5.41) is 3.29. The van der Waals surface area contributed by atoms with Gasteiger partial charge in [-0.15, -0.1) is 0 Å². The van der Waals surface area contributed by atoms with Crippen molar-refractivity contribution >= 4 is 11.6 Å². The zero-order valence-corrected chi connectivity index (χ0v) is 12.5. The van der Waals surface area contributed by atoms with Gasteiger partial charge in [0.15, 0.2) is 0 Å². The van der Waals surface area contributed by atoms with Crippen molar-refractivity contribution in [2.75, 3.05) is 44.7 Å². The zero-order chi connectivity index (χ0) is 14.7. The molecule has 2 aliphatic rings. The van der Waals surface area contributed by atoms with E-state index in [1.165, 1.54) is 0 Å². The maximum absolute atomic E-state index is 12.4. The minimum Gasteiger partial charge on any atom is -0.495 e. The van der Waals surface area contributed by atoms with Crippen LogP contribution in [-0.2, 0) is 4.79 Å². The Morgan fingerprint density at radius 1 is 1.24 bits per heavy atom. The molecule has 2 fully saturated rings. The number of benzene rings is 1. The Kier molecular flexibility index (Phi) is 4.29. The minimum atomic E-state index is 0.0443. The molecule has 1 amide bonds. The van der Waals surface area contributed by atoms with E-state index in [4.69, 9.17) is 4.74 Å². The second-order valence-electron chi connectivity index (χ2n) is 5.63.